The van der Waals surface area contributed by atoms with Crippen LogP contribution in [-0.2, 0) is 9.53 Å². The minimum atomic E-state index is -0.613. The average molecular weight is 218 g/mol. The van der Waals surface area contributed by atoms with Gasteiger partial charge in [0, 0.05) is 6.42 Å². The normalized spacial score (nSPS) is 20.4. The number of aliphatic hydroxyl groups is 1. The molecule has 0 radical (unpaired) electrons. The molecule has 1 rings (SSSR count). The number of carbonyl (C=O) groups excluding carboxylic acids is 1. The largest absolute Gasteiger partial charge is 0.466 e. The molecular formula is C10H18O3S. The molecule has 3 nitrogen and oxygen atoms in total. The summed E-state index contributed by atoms with van der Waals surface area (Å²) in [5, 5.41) is 10.1. The van der Waals surface area contributed by atoms with Gasteiger partial charge in [0.25, 0.3) is 0 Å². The van der Waals surface area contributed by atoms with Crippen molar-refractivity contribution < 1.29 is 14.6 Å². The van der Waals surface area contributed by atoms with Crippen LogP contribution >= 0.6 is 11.8 Å². The van der Waals surface area contributed by atoms with Gasteiger partial charge in [-0.05, 0) is 37.7 Å². The van der Waals surface area contributed by atoms with Crippen molar-refractivity contribution in [2.45, 2.75) is 38.2 Å². The van der Waals surface area contributed by atoms with E-state index in [4.69, 9.17) is 4.74 Å². The third kappa shape index (κ3) is 3.88. The van der Waals surface area contributed by atoms with Crippen LogP contribution < -0.4 is 0 Å². The summed E-state index contributed by atoms with van der Waals surface area (Å²) >= 11 is 1.87. The number of thioether (sulfide) groups is 1. The Morgan fingerprint density at radius 1 is 1.50 bits per heavy atom. The first-order chi connectivity index (χ1) is 6.66. The molecule has 1 heterocycles. The van der Waals surface area contributed by atoms with Crippen molar-refractivity contribution in [3.8, 4) is 0 Å². The molecule has 1 aliphatic heterocycles. The molecule has 0 unspecified atom stereocenters. The monoisotopic (exact) mass is 218 g/mol. The molecule has 0 aromatic carbocycles. The van der Waals surface area contributed by atoms with Crippen LogP contribution in [-0.4, -0.2) is 34.8 Å². The van der Waals surface area contributed by atoms with Gasteiger partial charge < -0.3 is 9.84 Å². The second kappa shape index (κ2) is 5.61. The number of hydrogen-bond donors (Lipinski definition) is 1. The topological polar surface area (TPSA) is 46.5 Å². The van der Waals surface area contributed by atoms with E-state index in [1.807, 2.05) is 11.8 Å². The van der Waals surface area contributed by atoms with E-state index in [1.165, 1.54) is 0 Å². The minimum Gasteiger partial charge on any atom is -0.466 e. The molecule has 0 aromatic rings. The van der Waals surface area contributed by atoms with Crippen molar-refractivity contribution in [3.05, 3.63) is 0 Å². The SMILES string of the molecule is CCOC(=O)CCC1(O)CCSCC1. The van der Waals surface area contributed by atoms with Crippen LogP contribution in [0.1, 0.15) is 32.6 Å². The first-order valence-corrected chi connectivity index (χ1v) is 6.27. The van der Waals surface area contributed by atoms with Crippen LogP contribution in [0.25, 0.3) is 0 Å². The fourth-order valence-corrected chi connectivity index (χ4v) is 2.82. The van der Waals surface area contributed by atoms with E-state index in [2.05, 4.69) is 0 Å². The number of ether oxygens (including phenoxy) is 1. The number of esters is 1. The lowest BCUT2D eigenvalue weighted by Gasteiger charge is -2.31. The lowest BCUT2D eigenvalue weighted by atomic mass is 9.91. The van der Waals surface area contributed by atoms with E-state index in [9.17, 15) is 9.90 Å². The Hall–Kier alpha value is -0.220. The summed E-state index contributed by atoms with van der Waals surface area (Å²) in [6.07, 6.45) is 2.50. The summed E-state index contributed by atoms with van der Waals surface area (Å²) in [6.45, 7) is 2.22. The zero-order valence-electron chi connectivity index (χ0n) is 8.62. The number of hydrogen-bond acceptors (Lipinski definition) is 4. The van der Waals surface area contributed by atoms with Gasteiger partial charge in [0.15, 0.2) is 0 Å². The third-order valence-corrected chi connectivity index (χ3v) is 3.51. The molecule has 0 bridgehead atoms. The summed E-state index contributed by atoms with van der Waals surface area (Å²) in [5.41, 5.74) is -0.613. The Kier molecular flexibility index (Phi) is 4.75. The number of rotatable bonds is 4. The van der Waals surface area contributed by atoms with Gasteiger partial charge in [-0.25, -0.2) is 0 Å². The Balaban J connectivity index is 2.24. The maximum Gasteiger partial charge on any atom is 0.305 e. The van der Waals surface area contributed by atoms with E-state index < -0.39 is 5.60 Å². The van der Waals surface area contributed by atoms with Crippen LogP contribution in [0.2, 0.25) is 0 Å². The highest BCUT2D eigenvalue weighted by Crippen LogP contribution is 2.30. The van der Waals surface area contributed by atoms with Crippen LogP contribution in [0.5, 0.6) is 0 Å². The molecule has 1 aliphatic rings. The second-order valence-electron chi connectivity index (χ2n) is 3.64. The second-order valence-corrected chi connectivity index (χ2v) is 4.87. The molecule has 0 saturated carbocycles. The van der Waals surface area contributed by atoms with Gasteiger partial charge in [-0.2, -0.15) is 11.8 Å². The van der Waals surface area contributed by atoms with Gasteiger partial charge in [0.1, 0.15) is 0 Å². The van der Waals surface area contributed by atoms with Crippen molar-refractivity contribution in [1.29, 1.82) is 0 Å². The molecular weight excluding hydrogens is 200 g/mol. The van der Waals surface area contributed by atoms with Crippen molar-refractivity contribution in [1.82, 2.24) is 0 Å². The fraction of sp³-hybridized carbons (Fsp3) is 0.900. The van der Waals surface area contributed by atoms with Crippen LogP contribution in [0.4, 0.5) is 0 Å². The quantitative estimate of drug-likeness (QED) is 0.728. The third-order valence-electron chi connectivity index (χ3n) is 2.52. The summed E-state index contributed by atoms with van der Waals surface area (Å²) < 4.78 is 4.82. The minimum absolute atomic E-state index is 0.195. The average Bonchev–Trinajstić information content (AvgIpc) is 2.17. The Labute approximate surface area is 89.2 Å². The highest BCUT2D eigenvalue weighted by atomic mass is 32.2. The molecule has 0 aromatic heterocycles. The van der Waals surface area contributed by atoms with Gasteiger partial charge in [0.05, 0.1) is 12.2 Å². The molecule has 4 heteroatoms. The predicted molar refractivity (Wildman–Crippen MR) is 57.4 cm³/mol. The smallest absolute Gasteiger partial charge is 0.305 e. The van der Waals surface area contributed by atoms with E-state index in [1.54, 1.807) is 6.92 Å². The zero-order chi connectivity index (χ0) is 10.4. The van der Waals surface area contributed by atoms with Crippen LogP contribution in [0, 0.1) is 0 Å². The molecule has 1 saturated heterocycles. The predicted octanol–water partition coefficient (Wildman–Crippen LogP) is 1.59. The van der Waals surface area contributed by atoms with E-state index in [0.29, 0.717) is 19.4 Å². The molecule has 82 valence electrons. The lowest BCUT2D eigenvalue weighted by Crippen LogP contribution is -2.34. The summed E-state index contributed by atoms with van der Waals surface area (Å²) in [4.78, 5) is 11.1. The van der Waals surface area contributed by atoms with Gasteiger partial charge in [-0.3, -0.25) is 4.79 Å². The van der Waals surface area contributed by atoms with Crippen molar-refractivity contribution in [2.24, 2.45) is 0 Å². The molecule has 0 spiro atoms. The Morgan fingerprint density at radius 3 is 2.71 bits per heavy atom. The van der Waals surface area contributed by atoms with Gasteiger partial charge in [-0.1, -0.05) is 0 Å². The first kappa shape index (κ1) is 11.9. The summed E-state index contributed by atoms with van der Waals surface area (Å²) in [7, 11) is 0. The highest BCUT2D eigenvalue weighted by Gasteiger charge is 2.29. The maximum atomic E-state index is 11.1. The summed E-state index contributed by atoms with van der Waals surface area (Å²) in [6, 6.07) is 0. The molecule has 0 atom stereocenters. The van der Waals surface area contributed by atoms with E-state index in [-0.39, 0.29) is 5.97 Å². The Bertz CT molecular complexity index is 188. The maximum absolute atomic E-state index is 11.1. The van der Waals surface area contributed by atoms with E-state index >= 15 is 0 Å². The van der Waals surface area contributed by atoms with Crippen molar-refractivity contribution in [3.63, 3.8) is 0 Å². The molecule has 0 amide bonds. The van der Waals surface area contributed by atoms with Crippen LogP contribution in [0.15, 0.2) is 0 Å². The van der Waals surface area contributed by atoms with Gasteiger partial charge in [-0.15, -0.1) is 0 Å². The standard InChI is InChI=1S/C10H18O3S/c1-2-13-9(11)3-4-10(12)5-7-14-8-6-10/h12H,2-8H2,1H3. The first-order valence-electron chi connectivity index (χ1n) is 5.12. The molecule has 0 aliphatic carbocycles. The fourth-order valence-electron chi connectivity index (χ4n) is 1.57. The lowest BCUT2D eigenvalue weighted by molar-refractivity contribution is -0.144. The molecule has 1 fully saturated rings. The Morgan fingerprint density at radius 2 is 2.14 bits per heavy atom. The van der Waals surface area contributed by atoms with Crippen molar-refractivity contribution in [2.75, 3.05) is 18.1 Å². The highest BCUT2D eigenvalue weighted by molar-refractivity contribution is 7.99. The van der Waals surface area contributed by atoms with Gasteiger partial charge >= 0.3 is 5.97 Å². The molecule has 1 N–H and O–H groups in total. The summed E-state index contributed by atoms with van der Waals surface area (Å²) in [5.74, 6) is 1.80. The zero-order valence-corrected chi connectivity index (χ0v) is 9.44. The van der Waals surface area contributed by atoms with E-state index in [0.717, 1.165) is 24.3 Å². The van der Waals surface area contributed by atoms with Crippen LogP contribution in [0.3, 0.4) is 0 Å². The van der Waals surface area contributed by atoms with Crippen molar-refractivity contribution >= 4 is 17.7 Å². The molecule has 14 heavy (non-hydrogen) atoms. The van der Waals surface area contributed by atoms with Gasteiger partial charge in [0.2, 0.25) is 0 Å². The number of carbonyl (C=O) groups is 1.